The maximum absolute atomic E-state index is 12.4. The van der Waals surface area contributed by atoms with E-state index in [2.05, 4.69) is 0 Å². The lowest BCUT2D eigenvalue weighted by Crippen LogP contribution is -2.48. The Morgan fingerprint density at radius 3 is 2.11 bits per heavy atom. The number of nitrogens with zero attached hydrogens (tertiary/aromatic N) is 1. The number of carboxylic acid groups (broad SMARTS) is 1. The molecule has 3 aliphatic heterocycles. The number of carbonyl (C=O) groups excluding carboxylic acids is 2. The van der Waals surface area contributed by atoms with Crippen molar-refractivity contribution in [3.63, 3.8) is 0 Å². The third-order valence-electron chi connectivity index (χ3n) is 5.06. The van der Waals surface area contributed by atoms with Crippen LogP contribution in [0.4, 0.5) is 0 Å². The molecule has 0 aromatic heterocycles. The highest BCUT2D eigenvalue weighted by Gasteiger charge is 2.77. The first-order valence-corrected chi connectivity index (χ1v) is 6.07. The van der Waals surface area contributed by atoms with E-state index in [-0.39, 0.29) is 12.2 Å². The van der Waals surface area contributed by atoms with E-state index in [1.807, 2.05) is 0 Å². The monoisotopic (exact) mass is 253 g/mol. The van der Waals surface area contributed by atoms with Crippen LogP contribution in [-0.2, 0) is 19.1 Å². The highest BCUT2D eigenvalue weighted by Crippen LogP contribution is 2.64. The highest BCUT2D eigenvalue weighted by atomic mass is 16.5. The van der Waals surface area contributed by atoms with Gasteiger partial charge in [0.25, 0.3) is 0 Å². The Morgan fingerprint density at radius 1 is 1.28 bits per heavy atom. The maximum Gasteiger partial charge on any atom is 0.323 e. The number of amides is 2. The molecular formula is C12H15NO5. The Hall–Kier alpha value is -1.43. The van der Waals surface area contributed by atoms with Gasteiger partial charge in [-0.1, -0.05) is 0 Å². The molecule has 3 fully saturated rings. The first kappa shape index (κ1) is 11.6. The van der Waals surface area contributed by atoms with Crippen molar-refractivity contribution in [3.05, 3.63) is 0 Å². The predicted octanol–water partition coefficient (Wildman–Crippen LogP) is 0.0136. The lowest BCUT2D eigenvalue weighted by atomic mass is 9.59. The van der Waals surface area contributed by atoms with Crippen LogP contribution in [0.3, 0.4) is 0 Å². The summed E-state index contributed by atoms with van der Waals surface area (Å²) >= 11 is 0. The number of likely N-dealkylation sites (tertiary alicyclic amines) is 1. The van der Waals surface area contributed by atoms with Crippen LogP contribution in [0.1, 0.15) is 26.7 Å². The molecule has 0 radical (unpaired) electrons. The van der Waals surface area contributed by atoms with Crippen LogP contribution < -0.4 is 0 Å². The fourth-order valence-corrected chi connectivity index (χ4v) is 3.81. The van der Waals surface area contributed by atoms with Crippen LogP contribution >= 0.6 is 0 Å². The van der Waals surface area contributed by atoms with Crippen LogP contribution in [-0.4, -0.2) is 46.5 Å². The van der Waals surface area contributed by atoms with Crippen molar-refractivity contribution >= 4 is 17.8 Å². The number of rotatable bonds is 2. The Labute approximate surface area is 104 Å². The smallest absolute Gasteiger partial charge is 0.323 e. The molecule has 0 saturated carbocycles. The van der Waals surface area contributed by atoms with E-state index in [1.165, 1.54) is 0 Å². The normalized spacial score (nSPS) is 45.8. The van der Waals surface area contributed by atoms with Crippen LogP contribution in [0.25, 0.3) is 0 Å². The van der Waals surface area contributed by atoms with E-state index in [0.717, 1.165) is 17.7 Å². The zero-order valence-electron chi connectivity index (χ0n) is 10.3. The first-order valence-electron chi connectivity index (χ1n) is 6.07. The fourth-order valence-electron chi connectivity index (χ4n) is 3.81. The molecule has 2 amide bonds. The second-order valence-corrected chi connectivity index (χ2v) is 5.69. The summed E-state index contributed by atoms with van der Waals surface area (Å²) in [5, 5.41) is 8.81. The number of fused-ring (bicyclic) bond motifs is 5. The summed E-state index contributed by atoms with van der Waals surface area (Å²) in [7, 11) is 0. The third kappa shape index (κ3) is 0.971. The number of aliphatic carboxylic acids is 1. The van der Waals surface area contributed by atoms with Crippen molar-refractivity contribution in [1.29, 1.82) is 0 Å². The number of hydrogen-bond donors (Lipinski definition) is 1. The van der Waals surface area contributed by atoms with Crippen molar-refractivity contribution in [2.75, 3.05) is 6.54 Å². The van der Waals surface area contributed by atoms with Gasteiger partial charge in [-0.05, 0) is 26.7 Å². The van der Waals surface area contributed by atoms with Crippen LogP contribution in [0.2, 0.25) is 0 Å². The second-order valence-electron chi connectivity index (χ2n) is 5.69. The first-order chi connectivity index (χ1) is 8.33. The van der Waals surface area contributed by atoms with Gasteiger partial charge in [-0.3, -0.25) is 19.3 Å². The van der Waals surface area contributed by atoms with E-state index in [0.29, 0.717) is 0 Å². The maximum atomic E-state index is 12.4. The van der Waals surface area contributed by atoms with Crippen LogP contribution in [0.15, 0.2) is 0 Å². The van der Waals surface area contributed by atoms with Gasteiger partial charge < -0.3 is 9.84 Å². The minimum absolute atomic E-state index is 0.261. The van der Waals surface area contributed by atoms with Gasteiger partial charge in [0.05, 0.1) is 23.0 Å². The lowest BCUT2D eigenvalue weighted by molar-refractivity contribution is -0.152. The molecule has 0 aromatic carbocycles. The van der Waals surface area contributed by atoms with Gasteiger partial charge in [0.2, 0.25) is 11.8 Å². The van der Waals surface area contributed by atoms with Gasteiger partial charge in [0.15, 0.2) is 0 Å². The number of imide groups is 1. The van der Waals surface area contributed by atoms with Crippen molar-refractivity contribution < 1.29 is 24.2 Å². The van der Waals surface area contributed by atoms with Crippen molar-refractivity contribution in [3.8, 4) is 0 Å². The molecule has 3 rings (SSSR count). The molecule has 6 nitrogen and oxygen atoms in total. The average Bonchev–Trinajstić information content (AvgIpc) is 2.90. The van der Waals surface area contributed by atoms with Crippen LogP contribution in [0.5, 0.6) is 0 Å². The summed E-state index contributed by atoms with van der Waals surface area (Å²) in [5.41, 5.74) is -1.80. The summed E-state index contributed by atoms with van der Waals surface area (Å²) in [4.78, 5) is 36.5. The van der Waals surface area contributed by atoms with Crippen molar-refractivity contribution in [2.24, 2.45) is 10.8 Å². The second kappa shape index (κ2) is 3.12. The summed E-state index contributed by atoms with van der Waals surface area (Å²) in [6.07, 6.45) is 0.999. The lowest BCUT2D eigenvalue weighted by Gasteiger charge is -2.36. The van der Waals surface area contributed by atoms with Crippen molar-refractivity contribution in [2.45, 2.75) is 38.9 Å². The van der Waals surface area contributed by atoms with Gasteiger partial charge in [-0.2, -0.15) is 0 Å². The number of hydrogen-bond acceptors (Lipinski definition) is 4. The Balaban J connectivity index is 2.07. The third-order valence-corrected chi connectivity index (χ3v) is 5.06. The molecule has 6 heteroatoms. The fraction of sp³-hybridized carbons (Fsp3) is 0.750. The molecule has 2 bridgehead atoms. The minimum atomic E-state index is -1.17. The molecular weight excluding hydrogens is 238 g/mol. The van der Waals surface area contributed by atoms with E-state index in [4.69, 9.17) is 9.84 Å². The van der Waals surface area contributed by atoms with Crippen molar-refractivity contribution in [1.82, 2.24) is 4.90 Å². The molecule has 0 unspecified atom stereocenters. The molecule has 4 atom stereocenters. The molecule has 3 heterocycles. The zero-order valence-corrected chi connectivity index (χ0v) is 10.3. The number of ether oxygens (including phenoxy) is 1. The number of carboxylic acids is 1. The molecule has 1 N–H and O–H groups in total. The summed E-state index contributed by atoms with van der Waals surface area (Å²) in [6, 6.07) is 0. The highest BCUT2D eigenvalue weighted by molar-refractivity contribution is 6.12. The summed E-state index contributed by atoms with van der Waals surface area (Å²) in [5.74, 6) is -1.97. The van der Waals surface area contributed by atoms with Gasteiger partial charge in [0.1, 0.15) is 6.54 Å². The Morgan fingerprint density at radius 2 is 1.72 bits per heavy atom. The van der Waals surface area contributed by atoms with Gasteiger partial charge in [-0.15, -0.1) is 0 Å². The van der Waals surface area contributed by atoms with Gasteiger partial charge in [-0.25, -0.2) is 0 Å². The van der Waals surface area contributed by atoms with E-state index >= 15 is 0 Å². The molecule has 0 spiro atoms. The molecule has 0 aliphatic carbocycles. The summed E-state index contributed by atoms with van der Waals surface area (Å²) in [6.45, 7) is 2.92. The van der Waals surface area contributed by atoms with E-state index < -0.39 is 35.2 Å². The molecule has 18 heavy (non-hydrogen) atoms. The summed E-state index contributed by atoms with van der Waals surface area (Å²) < 4.78 is 5.72. The predicted molar refractivity (Wildman–Crippen MR) is 58.5 cm³/mol. The Bertz CT molecular complexity index is 441. The van der Waals surface area contributed by atoms with Gasteiger partial charge in [0, 0.05) is 0 Å². The van der Waals surface area contributed by atoms with Crippen LogP contribution in [0, 0.1) is 10.8 Å². The van der Waals surface area contributed by atoms with E-state index in [1.54, 1.807) is 13.8 Å². The topological polar surface area (TPSA) is 83.9 Å². The molecule has 3 aliphatic rings. The minimum Gasteiger partial charge on any atom is -0.480 e. The SMILES string of the molecule is C[C@@]12C(=O)N(CC(=O)O)C(=O)[C@]1(C)[C@H]1CC[C@@H]2O1. The number of carbonyl (C=O) groups is 3. The molecule has 0 aromatic rings. The zero-order chi connectivity index (χ0) is 13.3. The largest absolute Gasteiger partial charge is 0.480 e. The average molecular weight is 253 g/mol. The molecule has 3 saturated heterocycles. The van der Waals surface area contributed by atoms with Gasteiger partial charge >= 0.3 is 5.97 Å². The standard InChI is InChI=1S/C12H15NO5/c1-11-6-3-4-7(18-6)12(11,2)10(17)13(9(11)16)5-8(14)15/h6-7H,3-5H2,1-2H3,(H,14,15)/t6-,7+,11+,12-. The quantitative estimate of drug-likeness (QED) is 0.701. The van der Waals surface area contributed by atoms with E-state index in [9.17, 15) is 14.4 Å². The Kier molecular flexibility index (Phi) is 2.02. The molecule has 98 valence electrons.